The Labute approximate surface area is 175 Å². The largest absolute Gasteiger partial charge is 0.481 e. The maximum atomic E-state index is 12.5. The van der Waals surface area contributed by atoms with Gasteiger partial charge in [-0.05, 0) is 24.8 Å². The zero-order valence-electron chi connectivity index (χ0n) is 17.1. The number of hydrogen-bond acceptors (Lipinski definition) is 4. The molecule has 30 heavy (non-hydrogen) atoms. The minimum atomic E-state index is -4.17. The summed E-state index contributed by atoms with van der Waals surface area (Å²) in [6.45, 7) is 2.35. The highest BCUT2D eigenvalue weighted by Crippen LogP contribution is 2.42. The Morgan fingerprint density at radius 1 is 1.17 bits per heavy atom. The lowest BCUT2D eigenvalue weighted by Crippen LogP contribution is -2.72. The van der Waals surface area contributed by atoms with Gasteiger partial charge in [0.1, 0.15) is 0 Å². The van der Waals surface area contributed by atoms with E-state index in [1.165, 1.54) is 5.56 Å². The van der Waals surface area contributed by atoms with Crippen LogP contribution in [0, 0.1) is 0 Å². The lowest BCUT2D eigenvalue weighted by atomic mass is 9.82. The smallest absolute Gasteiger partial charge is 0.390 e. The van der Waals surface area contributed by atoms with Gasteiger partial charge in [-0.3, -0.25) is 14.6 Å². The predicted octanol–water partition coefficient (Wildman–Crippen LogP) is 3.08. The number of nitrogens with one attached hydrogen (secondary N) is 1. The first-order valence-corrected chi connectivity index (χ1v) is 10.8. The average Bonchev–Trinajstić information content (AvgIpc) is 3.43. The molecule has 0 unspecified atom stereocenters. The SMILES string of the molecule is O=C(O)CC1(N2CCC(N[C@@H]3C[C@H]3c3ccccc3)CC2)CN(CCC(F)(F)F)C1. The van der Waals surface area contributed by atoms with Gasteiger partial charge in [-0.2, -0.15) is 13.2 Å². The van der Waals surface area contributed by atoms with E-state index >= 15 is 0 Å². The summed E-state index contributed by atoms with van der Waals surface area (Å²) >= 11 is 0. The number of rotatable bonds is 8. The number of likely N-dealkylation sites (tertiary alicyclic amines) is 2. The first kappa shape index (κ1) is 21.6. The molecule has 1 aliphatic carbocycles. The highest BCUT2D eigenvalue weighted by atomic mass is 19.4. The van der Waals surface area contributed by atoms with E-state index in [1.807, 2.05) is 6.07 Å². The van der Waals surface area contributed by atoms with Gasteiger partial charge in [0, 0.05) is 50.7 Å². The minimum absolute atomic E-state index is 0.00762. The Bertz CT molecular complexity index is 729. The topological polar surface area (TPSA) is 55.8 Å². The van der Waals surface area contributed by atoms with E-state index < -0.39 is 24.1 Å². The van der Waals surface area contributed by atoms with Crippen LogP contribution in [0.4, 0.5) is 13.2 Å². The predicted molar refractivity (Wildman–Crippen MR) is 107 cm³/mol. The van der Waals surface area contributed by atoms with E-state index in [2.05, 4.69) is 34.5 Å². The molecule has 5 nitrogen and oxygen atoms in total. The molecule has 1 aromatic rings. The summed E-state index contributed by atoms with van der Waals surface area (Å²) in [5.74, 6) is -0.300. The molecular formula is C22H30F3N3O2. The van der Waals surface area contributed by atoms with Crippen molar-refractivity contribution >= 4 is 5.97 Å². The van der Waals surface area contributed by atoms with Crippen LogP contribution in [0.25, 0.3) is 0 Å². The third-order valence-electron chi connectivity index (χ3n) is 6.86. The summed E-state index contributed by atoms with van der Waals surface area (Å²) in [6, 6.07) is 11.4. The first-order valence-electron chi connectivity index (χ1n) is 10.8. The van der Waals surface area contributed by atoms with Gasteiger partial charge in [-0.25, -0.2) is 0 Å². The summed E-state index contributed by atoms with van der Waals surface area (Å²) in [7, 11) is 0. The van der Waals surface area contributed by atoms with Gasteiger partial charge >= 0.3 is 12.1 Å². The van der Waals surface area contributed by atoms with Gasteiger partial charge in [0.15, 0.2) is 0 Å². The van der Waals surface area contributed by atoms with Crippen molar-refractivity contribution < 1.29 is 23.1 Å². The molecule has 1 aromatic carbocycles. The Morgan fingerprint density at radius 3 is 2.43 bits per heavy atom. The van der Waals surface area contributed by atoms with E-state index in [0.717, 1.165) is 32.4 Å². The van der Waals surface area contributed by atoms with Crippen LogP contribution < -0.4 is 5.32 Å². The fraction of sp³-hybridized carbons (Fsp3) is 0.682. The Kier molecular flexibility index (Phi) is 6.10. The number of benzene rings is 1. The number of carboxylic acid groups (broad SMARTS) is 1. The second-order valence-electron chi connectivity index (χ2n) is 9.16. The lowest BCUT2D eigenvalue weighted by Gasteiger charge is -2.57. The fourth-order valence-corrected chi connectivity index (χ4v) is 5.21. The summed E-state index contributed by atoms with van der Waals surface area (Å²) in [5.41, 5.74) is 0.857. The third kappa shape index (κ3) is 5.15. The maximum absolute atomic E-state index is 12.5. The van der Waals surface area contributed by atoms with Crippen molar-refractivity contribution in [1.82, 2.24) is 15.1 Å². The molecule has 8 heteroatoms. The van der Waals surface area contributed by atoms with Crippen LogP contribution >= 0.6 is 0 Å². The van der Waals surface area contributed by atoms with Crippen LogP contribution in [0.5, 0.6) is 0 Å². The number of piperidine rings is 1. The first-order chi connectivity index (χ1) is 14.2. The molecule has 3 fully saturated rings. The summed E-state index contributed by atoms with van der Waals surface area (Å²) in [5, 5.41) is 13.1. The molecule has 2 heterocycles. The summed E-state index contributed by atoms with van der Waals surface area (Å²) in [4.78, 5) is 15.4. The Hall–Kier alpha value is -1.64. The molecule has 1 saturated carbocycles. The number of aliphatic carboxylic acids is 1. The molecule has 0 radical (unpaired) electrons. The number of hydrogen-bond donors (Lipinski definition) is 2. The van der Waals surface area contributed by atoms with Crippen LogP contribution in [-0.4, -0.2) is 77.4 Å². The third-order valence-corrected chi connectivity index (χ3v) is 6.86. The number of halogens is 3. The molecule has 166 valence electrons. The van der Waals surface area contributed by atoms with Gasteiger partial charge in [-0.1, -0.05) is 30.3 Å². The van der Waals surface area contributed by atoms with Crippen molar-refractivity contribution in [1.29, 1.82) is 0 Å². The fourth-order valence-electron chi connectivity index (χ4n) is 5.21. The van der Waals surface area contributed by atoms with Crippen molar-refractivity contribution in [2.75, 3.05) is 32.7 Å². The standard InChI is InChI=1S/C22H30F3N3O2/c23-22(24,25)8-11-27-14-21(15-27,13-20(29)30)28-9-6-17(7-10-28)26-19-12-18(19)16-4-2-1-3-5-16/h1-5,17-19,26H,6-15H2,(H,29,30)/t18-,19+/m0/s1. The minimum Gasteiger partial charge on any atom is -0.481 e. The number of carboxylic acids is 1. The van der Waals surface area contributed by atoms with Crippen molar-refractivity contribution in [2.45, 2.75) is 61.8 Å². The van der Waals surface area contributed by atoms with E-state index in [4.69, 9.17) is 0 Å². The van der Waals surface area contributed by atoms with E-state index in [9.17, 15) is 23.1 Å². The molecule has 2 N–H and O–H groups in total. The highest BCUT2D eigenvalue weighted by Gasteiger charge is 2.50. The second kappa shape index (κ2) is 8.48. The van der Waals surface area contributed by atoms with Crippen molar-refractivity contribution in [3.63, 3.8) is 0 Å². The van der Waals surface area contributed by atoms with E-state index in [0.29, 0.717) is 31.1 Å². The number of carbonyl (C=O) groups is 1. The van der Waals surface area contributed by atoms with Gasteiger partial charge in [0.25, 0.3) is 0 Å². The van der Waals surface area contributed by atoms with E-state index in [1.54, 1.807) is 4.90 Å². The molecule has 2 saturated heterocycles. The van der Waals surface area contributed by atoms with E-state index in [-0.39, 0.29) is 13.0 Å². The molecule has 4 rings (SSSR count). The quantitative estimate of drug-likeness (QED) is 0.671. The number of nitrogens with zero attached hydrogens (tertiary/aromatic N) is 2. The monoisotopic (exact) mass is 425 g/mol. The van der Waals surface area contributed by atoms with Crippen LogP contribution in [-0.2, 0) is 4.79 Å². The summed E-state index contributed by atoms with van der Waals surface area (Å²) in [6.07, 6.45) is -1.97. The molecule has 0 spiro atoms. The lowest BCUT2D eigenvalue weighted by molar-refractivity contribution is -0.157. The molecular weight excluding hydrogens is 395 g/mol. The van der Waals surface area contributed by atoms with Crippen molar-refractivity contribution in [3.8, 4) is 0 Å². The Balaban J connectivity index is 1.25. The maximum Gasteiger partial charge on any atom is 0.390 e. The van der Waals surface area contributed by atoms with Gasteiger partial charge in [0.05, 0.1) is 18.4 Å². The zero-order valence-corrected chi connectivity index (χ0v) is 17.1. The van der Waals surface area contributed by atoms with Gasteiger partial charge in [-0.15, -0.1) is 0 Å². The second-order valence-corrected chi connectivity index (χ2v) is 9.16. The van der Waals surface area contributed by atoms with Gasteiger partial charge in [0.2, 0.25) is 0 Å². The van der Waals surface area contributed by atoms with Crippen LogP contribution in [0.3, 0.4) is 0 Å². The normalized spacial score (nSPS) is 27.6. The molecule has 3 aliphatic rings. The molecule has 0 aromatic heterocycles. The number of alkyl halides is 3. The van der Waals surface area contributed by atoms with Gasteiger partial charge < -0.3 is 10.4 Å². The van der Waals surface area contributed by atoms with Crippen LogP contribution in [0.1, 0.15) is 43.6 Å². The highest BCUT2D eigenvalue weighted by molar-refractivity contribution is 5.69. The van der Waals surface area contributed by atoms with Crippen molar-refractivity contribution in [3.05, 3.63) is 35.9 Å². The van der Waals surface area contributed by atoms with Crippen molar-refractivity contribution in [2.24, 2.45) is 0 Å². The average molecular weight is 425 g/mol. The van der Waals surface area contributed by atoms with Crippen LogP contribution in [0.15, 0.2) is 30.3 Å². The molecule has 0 amide bonds. The zero-order chi connectivity index (χ0) is 21.4. The van der Waals surface area contributed by atoms with Crippen LogP contribution in [0.2, 0.25) is 0 Å². The molecule has 2 aliphatic heterocycles. The molecule has 0 bridgehead atoms. The molecule has 2 atom stereocenters. The summed E-state index contributed by atoms with van der Waals surface area (Å²) < 4.78 is 37.5. The Morgan fingerprint density at radius 2 is 1.83 bits per heavy atom.